The molecule has 0 unspecified atom stereocenters. The number of nitrogen functional groups attached to an aromatic ring is 1. The molecule has 0 aromatic heterocycles. The van der Waals surface area contributed by atoms with Gasteiger partial charge in [-0.15, -0.1) is 0 Å². The van der Waals surface area contributed by atoms with Crippen LogP contribution in [0.1, 0.15) is 36.0 Å². The first-order valence-corrected chi connectivity index (χ1v) is 6.17. The van der Waals surface area contributed by atoms with Crippen molar-refractivity contribution in [3.8, 4) is 0 Å². The van der Waals surface area contributed by atoms with Crippen molar-refractivity contribution in [3.05, 3.63) is 29.6 Å². The maximum atomic E-state index is 13.6. The first kappa shape index (κ1) is 12.8. The Morgan fingerprint density at radius 3 is 2.56 bits per heavy atom. The number of benzene rings is 1. The molecule has 0 spiro atoms. The molecule has 0 saturated heterocycles. The second-order valence-electron chi connectivity index (χ2n) is 4.82. The summed E-state index contributed by atoms with van der Waals surface area (Å²) in [4.78, 5) is 11.9. The first-order valence-electron chi connectivity index (χ1n) is 6.17. The van der Waals surface area contributed by atoms with Gasteiger partial charge in [-0.3, -0.25) is 4.79 Å². The van der Waals surface area contributed by atoms with Crippen molar-refractivity contribution in [1.82, 2.24) is 5.32 Å². The number of hydrogen-bond acceptors (Lipinski definition) is 3. The number of halogens is 1. The van der Waals surface area contributed by atoms with Crippen molar-refractivity contribution in [2.24, 2.45) is 5.73 Å². The highest BCUT2D eigenvalue weighted by Crippen LogP contribution is 2.18. The molecule has 0 radical (unpaired) electrons. The number of amides is 1. The van der Waals surface area contributed by atoms with Crippen LogP contribution < -0.4 is 16.8 Å². The van der Waals surface area contributed by atoms with Gasteiger partial charge in [0.15, 0.2) is 0 Å². The van der Waals surface area contributed by atoms with Crippen LogP contribution in [-0.4, -0.2) is 18.0 Å². The Bertz CT molecular complexity index is 442. The van der Waals surface area contributed by atoms with E-state index in [1.165, 1.54) is 12.1 Å². The van der Waals surface area contributed by atoms with Crippen LogP contribution in [0.5, 0.6) is 0 Å². The molecule has 0 aliphatic heterocycles. The number of hydrogen-bond donors (Lipinski definition) is 3. The van der Waals surface area contributed by atoms with Gasteiger partial charge in [-0.1, -0.05) is 0 Å². The largest absolute Gasteiger partial charge is 0.399 e. The average Bonchev–Trinajstić information content (AvgIpc) is 2.32. The molecule has 1 saturated carbocycles. The third-order valence-corrected chi connectivity index (χ3v) is 3.34. The fourth-order valence-electron chi connectivity index (χ4n) is 2.24. The van der Waals surface area contributed by atoms with E-state index in [4.69, 9.17) is 11.5 Å². The van der Waals surface area contributed by atoms with E-state index in [0.29, 0.717) is 5.69 Å². The van der Waals surface area contributed by atoms with Crippen molar-refractivity contribution < 1.29 is 9.18 Å². The lowest BCUT2D eigenvalue weighted by atomic mass is 9.91. The highest BCUT2D eigenvalue weighted by Gasteiger charge is 2.21. The van der Waals surface area contributed by atoms with Gasteiger partial charge in [-0.25, -0.2) is 4.39 Å². The van der Waals surface area contributed by atoms with Crippen LogP contribution in [0.15, 0.2) is 18.2 Å². The van der Waals surface area contributed by atoms with E-state index in [9.17, 15) is 9.18 Å². The minimum atomic E-state index is -0.583. The Hall–Kier alpha value is -1.62. The lowest BCUT2D eigenvalue weighted by molar-refractivity contribution is 0.0922. The number of nitrogens with two attached hydrogens (primary N) is 2. The monoisotopic (exact) mass is 251 g/mol. The first-order chi connectivity index (χ1) is 8.56. The summed E-state index contributed by atoms with van der Waals surface area (Å²) in [6, 6.07) is 4.41. The summed E-state index contributed by atoms with van der Waals surface area (Å²) in [7, 11) is 0. The quantitative estimate of drug-likeness (QED) is 0.695. The lowest BCUT2D eigenvalue weighted by Crippen LogP contribution is -2.40. The zero-order valence-electron chi connectivity index (χ0n) is 10.2. The molecule has 4 nitrogen and oxygen atoms in total. The van der Waals surface area contributed by atoms with Crippen LogP contribution >= 0.6 is 0 Å². The summed E-state index contributed by atoms with van der Waals surface area (Å²) in [5.41, 5.74) is 11.6. The van der Waals surface area contributed by atoms with Crippen molar-refractivity contribution in [1.29, 1.82) is 0 Å². The van der Waals surface area contributed by atoms with Crippen LogP contribution in [0.4, 0.5) is 10.1 Å². The molecular formula is C13H18FN3O. The SMILES string of the molecule is Nc1ccc(C(=O)NC2CCC(N)CC2)c(F)c1. The second-order valence-corrected chi connectivity index (χ2v) is 4.82. The van der Waals surface area contributed by atoms with Crippen LogP contribution in [0.3, 0.4) is 0 Å². The van der Waals surface area contributed by atoms with Gasteiger partial charge in [0.2, 0.25) is 0 Å². The summed E-state index contributed by atoms with van der Waals surface area (Å²) in [5.74, 6) is -0.965. The topological polar surface area (TPSA) is 81.1 Å². The summed E-state index contributed by atoms with van der Waals surface area (Å²) < 4.78 is 13.6. The Balaban J connectivity index is 1.99. The molecule has 0 heterocycles. The Morgan fingerprint density at radius 1 is 1.28 bits per heavy atom. The van der Waals surface area contributed by atoms with Gasteiger partial charge in [0, 0.05) is 17.8 Å². The van der Waals surface area contributed by atoms with E-state index < -0.39 is 5.82 Å². The van der Waals surface area contributed by atoms with Gasteiger partial charge in [0.25, 0.3) is 5.91 Å². The molecule has 98 valence electrons. The number of rotatable bonds is 2. The van der Waals surface area contributed by atoms with Gasteiger partial charge < -0.3 is 16.8 Å². The third-order valence-electron chi connectivity index (χ3n) is 3.34. The molecule has 1 aliphatic carbocycles. The van der Waals surface area contributed by atoms with Gasteiger partial charge in [0.1, 0.15) is 5.82 Å². The fourth-order valence-corrected chi connectivity index (χ4v) is 2.24. The number of carbonyl (C=O) groups is 1. The fraction of sp³-hybridized carbons (Fsp3) is 0.462. The average molecular weight is 251 g/mol. The standard InChI is InChI=1S/C13H18FN3O/c14-12-7-9(16)3-6-11(12)13(18)17-10-4-1-8(15)2-5-10/h3,6-8,10H,1-2,4-5,15-16H2,(H,17,18). The van der Waals surface area contributed by atoms with Gasteiger partial charge >= 0.3 is 0 Å². The van der Waals surface area contributed by atoms with E-state index in [-0.39, 0.29) is 23.6 Å². The summed E-state index contributed by atoms with van der Waals surface area (Å²) in [5, 5.41) is 2.84. The summed E-state index contributed by atoms with van der Waals surface area (Å²) in [6.07, 6.45) is 3.50. The molecule has 1 aromatic rings. The van der Waals surface area contributed by atoms with Crippen molar-refractivity contribution in [2.45, 2.75) is 37.8 Å². The molecule has 1 aromatic carbocycles. The lowest BCUT2D eigenvalue weighted by Gasteiger charge is -2.26. The third kappa shape index (κ3) is 2.98. The Morgan fingerprint density at radius 2 is 1.94 bits per heavy atom. The van der Waals surface area contributed by atoms with Crippen LogP contribution in [-0.2, 0) is 0 Å². The van der Waals surface area contributed by atoms with Gasteiger partial charge in [0.05, 0.1) is 5.56 Å². The van der Waals surface area contributed by atoms with Gasteiger partial charge in [-0.2, -0.15) is 0 Å². The highest BCUT2D eigenvalue weighted by atomic mass is 19.1. The highest BCUT2D eigenvalue weighted by molar-refractivity contribution is 5.95. The van der Waals surface area contributed by atoms with E-state index in [2.05, 4.69) is 5.32 Å². The predicted octanol–water partition coefficient (Wildman–Crippen LogP) is 1.41. The minimum Gasteiger partial charge on any atom is -0.399 e. The van der Waals surface area contributed by atoms with E-state index in [0.717, 1.165) is 31.7 Å². The maximum Gasteiger partial charge on any atom is 0.254 e. The molecule has 1 fully saturated rings. The van der Waals surface area contributed by atoms with Crippen LogP contribution in [0.2, 0.25) is 0 Å². The Kier molecular flexibility index (Phi) is 3.81. The second kappa shape index (κ2) is 5.35. The molecule has 5 N–H and O–H groups in total. The molecule has 1 amide bonds. The van der Waals surface area contributed by atoms with E-state index >= 15 is 0 Å². The minimum absolute atomic E-state index is 0.0408. The molecule has 1 aliphatic rings. The molecular weight excluding hydrogens is 233 g/mol. The Labute approximate surface area is 106 Å². The van der Waals surface area contributed by atoms with Crippen molar-refractivity contribution in [3.63, 3.8) is 0 Å². The van der Waals surface area contributed by atoms with Gasteiger partial charge in [-0.05, 0) is 43.9 Å². The van der Waals surface area contributed by atoms with Crippen LogP contribution in [0, 0.1) is 5.82 Å². The number of carbonyl (C=O) groups excluding carboxylic acids is 1. The molecule has 2 rings (SSSR count). The predicted molar refractivity (Wildman–Crippen MR) is 68.5 cm³/mol. The normalized spacial score (nSPS) is 23.7. The zero-order valence-corrected chi connectivity index (χ0v) is 10.2. The number of anilines is 1. The maximum absolute atomic E-state index is 13.6. The smallest absolute Gasteiger partial charge is 0.254 e. The van der Waals surface area contributed by atoms with Crippen molar-refractivity contribution in [2.75, 3.05) is 5.73 Å². The van der Waals surface area contributed by atoms with Crippen molar-refractivity contribution >= 4 is 11.6 Å². The van der Waals surface area contributed by atoms with E-state index in [1.807, 2.05) is 0 Å². The summed E-state index contributed by atoms with van der Waals surface area (Å²) >= 11 is 0. The molecule has 0 bridgehead atoms. The van der Waals surface area contributed by atoms with E-state index in [1.54, 1.807) is 0 Å². The molecule has 0 atom stereocenters. The molecule has 5 heteroatoms. The zero-order chi connectivity index (χ0) is 13.1. The summed E-state index contributed by atoms with van der Waals surface area (Å²) in [6.45, 7) is 0. The molecule has 18 heavy (non-hydrogen) atoms. The van der Waals surface area contributed by atoms with Crippen LogP contribution in [0.25, 0.3) is 0 Å². The number of nitrogens with one attached hydrogen (secondary N) is 1.